The summed E-state index contributed by atoms with van der Waals surface area (Å²) in [6, 6.07) is 8.39. The largest absolute Gasteiger partial charge is 0.493 e. The fourth-order valence-electron chi connectivity index (χ4n) is 1.50. The molecule has 0 unspecified atom stereocenters. The average Bonchev–Trinajstić information content (AvgIpc) is 2.16. The zero-order chi connectivity index (χ0) is 9.80. The van der Waals surface area contributed by atoms with Gasteiger partial charge in [-0.25, -0.2) is 0 Å². The Morgan fingerprint density at radius 2 is 2.00 bits per heavy atom. The molecule has 1 N–H and O–H groups in total. The van der Waals surface area contributed by atoms with Crippen LogP contribution in [0, 0.1) is 5.92 Å². The van der Waals surface area contributed by atoms with Gasteiger partial charge in [-0.05, 0) is 24.1 Å². The van der Waals surface area contributed by atoms with Gasteiger partial charge in [-0.3, -0.25) is 0 Å². The van der Waals surface area contributed by atoms with Crippen LogP contribution in [-0.4, -0.2) is 19.7 Å². The van der Waals surface area contributed by atoms with Crippen molar-refractivity contribution in [1.29, 1.82) is 0 Å². The smallest absolute Gasteiger partial charge is 0.119 e. The maximum absolute atomic E-state index is 5.67. The molecule has 0 bridgehead atoms. The Hall–Kier alpha value is -1.02. The summed E-state index contributed by atoms with van der Waals surface area (Å²) in [4.78, 5) is 0. The molecular formula is C12H17NO. The molecule has 0 spiro atoms. The predicted molar refractivity (Wildman–Crippen MR) is 57.7 cm³/mol. The van der Waals surface area contributed by atoms with E-state index in [1.807, 2.05) is 0 Å². The molecule has 1 saturated heterocycles. The number of aryl methyl sites for hydroxylation is 1. The lowest BCUT2D eigenvalue weighted by Gasteiger charge is -2.26. The van der Waals surface area contributed by atoms with Gasteiger partial charge in [-0.2, -0.15) is 0 Å². The summed E-state index contributed by atoms with van der Waals surface area (Å²) < 4.78 is 5.67. The number of ether oxygens (including phenoxy) is 1. The van der Waals surface area contributed by atoms with Crippen molar-refractivity contribution in [3.05, 3.63) is 29.8 Å². The SMILES string of the molecule is CCc1ccc(OCC2CNC2)cc1. The Balaban J connectivity index is 1.83. The first-order valence-electron chi connectivity index (χ1n) is 5.31. The normalized spacial score (nSPS) is 16.4. The zero-order valence-electron chi connectivity index (χ0n) is 8.62. The number of rotatable bonds is 4. The average molecular weight is 191 g/mol. The van der Waals surface area contributed by atoms with Crippen LogP contribution in [0.1, 0.15) is 12.5 Å². The summed E-state index contributed by atoms with van der Waals surface area (Å²) in [6.45, 7) is 5.22. The summed E-state index contributed by atoms with van der Waals surface area (Å²) in [7, 11) is 0. The molecule has 1 aliphatic rings. The van der Waals surface area contributed by atoms with Crippen LogP contribution in [0.3, 0.4) is 0 Å². The minimum Gasteiger partial charge on any atom is -0.493 e. The lowest BCUT2D eigenvalue weighted by atomic mass is 10.1. The molecule has 0 radical (unpaired) electrons. The van der Waals surface area contributed by atoms with Crippen LogP contribution >= 0.6 is 0 Å². The van der Waals surface area contributed by atoms with Crippen LogP contribution in [0.5, 0.6) is 5.75 Å². The predicted octanol–water partition coefficient (Wildman–Crippen LogP) is 1.85. The van der Waals surface area contributed by atoms with Crippen molar-refractivity contribution in [1.82, 2.24) is 5.32 Å². The summed E-state index contributed by atoms with van der Waals surface area (Å²) in [5, 5.41) is 3.24. The molecule has 0 amide bonds. The highest BCUT2D eigenvalue weighted by Crippen LogP contribution is 2.14. The third-order valence-corrected chi connectivity index (χ3v) is 2.68. The van der Waals surface area contributed by atoms with Crippen LogP contribution in [0.15, 0.2) is 24.3 Å². The molecule has 1 aromatic carbocycles. The van der Waals surface area contributed by atoms with Gasteiger partial charge in [0.25, 0.3) is 0 Å². The van der Waals surface area contributed by atoms with Crippen molar-refractivity contribution in [2.24, 2.45) is 5.92 Å². The minimum atomic E-state index is 0.709. The molecular weight excluding hydrogens is 174 g/mol. The van der Waals surface area contributed by atoms with Gasteiger partial charge in [-0.1, -0.05) is 19.1 Å². The van der Waals surface area contributed by atoms with Gasteiger partial charge in [0, 0.05) is 19.0 Å². The fourth-order valence-corrected chi connectivity index (χ4v) is 1.50. The fraction of sp³-hybridized carbons (Fsp3) is 0.500. The number of hydrogen-bond acceptors (Lipinski definition) is 2. The van der Waals surface area contributed by atoms with E-state index in [4.69, 9.17) is 4.74 Å². The molecule has 2 rings (SSSR count). The van der Waals surface area contributed by atoms with Crippen LogP contribution in [-0.2, 0) is 6.42 Å². The molecule has 14 heavy (non-hydrogen) atoms. The first-order valence-corrected chi connectivity index (χ1v) is 5.31. The van der Waals surface area contributed by atoms with E-state index in [0.717, 1.165) is 31.9 Å². The third-order valence-electron chi connectivity index (χ3n) is 2.68. The summed E-state index contributed by atoms with van der Waals surface area (Å²) >= 11 is 0. The standard InChI is InChI=1S/C12H17NO/c1-2-10-3-5-12(6-4-10)14-9-11-7-13-8-11/h3-6,11,13H,2,7-9H2,1H3. The van der Waals surface area contributed by atoms with E-state index in [0.29, 0.717) is 5.92 Å². The molecule has 0 aliphatic carbocycles. The van der Waals surface area contributed by atoms with E-state index in [1.54, 1.807) is 0 Å². The summed E-state index contributed by atoms with van der Waals surface area (Å²) in [6.07, 6.45) is 1.09. The number of benzene rings is 1. The van der Waals surface area contributed by atoms with E-state index >= 15 is 0 Å². The highest BCUT2D eigenvalue weighted by molar-refractivity contribution is 5.27. The van der Waals surface area contributed by atoms with Gasteiger partial charge < -0.3 is 10.1 Å². The molecule has 1 aromatic rings. The van der Waals surface area contributed by atoms with Crippen LogP contribution in [0.2, 0.25) is 0 Å². The number of hydrogen-bond donors (Lipinski definition) is 1. The molecule has 76 valence electrons. The van der Waals surface area contributed by atoms with Crippen molar-refractivity contribution in [2.75, 3.05) is 19.7 Å². The Bertz CT molecular complexity index is 277. The van der Waals surface area contributed by atoms with E-state index in [9.17, 15) is 0 Å². The molecule has 2 nitrogen and oxygen atoms in total. The van der Waals surface area contributed by atoms with Crippen molar-refractivity contribution in [2.45, 2.75) is 13.3 Å². The second-order valence-corrected chi connectivity index (χ2v) is 3.83. The first kappa shape index (κ1) is 9.53. The lowest BCUT2D eigenvalue weighted by molar-refractivity contribution is 0.199. The zero-order valence-corrected chi connectivity index (χ0v) is 8.62. The second kappa shape index (κ2) is 4.47. The first-order chi connectivity index (χ1) is 6.88. The van der Waals surface area contributed by atoms with Gasteiger partial charge in [0.05, 0.1) is 6.61 Å². The van der Waals surface area contributed by atoms with Crippen molar-refractivity contribution < 1.29 is 4.74 Å². The Morgan fingerprint density at radius 3 is 2.50 bits per heavy atom. The molecule has 0 atom stereocenters. The monoisotopic (exact) mass is 191 g/mol. The molecule has 1 heterocycles. The highest BCUT2D eigenvalue weighted by atomic mass is 16.5. The maximum atomic E-state index is 5.67. The molecule has 0 aromatic heterocycles. The molecule has 1 aliphatic heterocycles. The van der Waals surface area contributed by atoms with E-state index in [-0.39, 0.29) is 0 Å². The van der Waals surface area contributed by atoms with Crippen molar-refractivity contribution in [3.8, 4) is 5.75 Å². The van der Waals surface area contributed by atoms with E-state index in [1.165, 1.54) is 5.56 Å². The quantitative estimate of drug-likeness (QED) is 0.784. The summed E-state index contributed by atoms with van der Waals surface area (Å²) in [5.41, 5.74) is 1.36. The Labute approximate surface area is 85.3 Å². The van der Waals surface area contributed by atoms with Crippen LogP contribution in [0.25, 0.3) is 0 Å². The molecule has 2 heteroatoms. The van der Waals surface area contributed by atoms with Crippen molar-refractivity contribution in [3.63, 3.8) is 0 Å². The van der Waals surface area contributed by atoms with Crippen LogP contribution in [0.4, 0.5) is 0 Å². The molecule has 0 saturated carbocycles. The van der Waals surface area contributed by atoms with Gasteiger partial charge in [-0.15, -0.1) is 0 Å². The van der Waals surface area contributed by atoms with Gasteiger partial charge >= 0.3 is 0 Å². The van der Waals surface area contributed by atoms with Crippen molar-refractivity contribution >= 4 is 0 Å². The Morgan fingerprint density at radius 1 is 1.29 bits per heavy atom. The third kappa shape index (κ3) is 2.26. The Kier molecular flexibility index (Phi) is 3.04. The maximum Gasteiger partial charge on any atom is 0.119 e. The van der Waals surface area contributed by atoms with Gasteiger partial charge in [0.2, 0.25) is 0 Å². The topological polar surface area (TPSA) is 21.3 Å². The van der Waals surface area contributed by atoms with Crippen LogP contribution < -0.4 is 10.1 Å². The highest BCUT2D eigenvalue weighted by Gasteiger charge is 2.16. The lowest BCUT2D eigenvalue weighted by Crippen LogP contribution is -2.45. The number of nitrogens with one attached hydrogen (secondary N) is 1. The second-order valence-electron chi connectivity index (χ2n) is 3.83. The van der Waals surface area contributed by atoms with E-state index in [2.05, 4.69) is 36.5 Å². The van der Waals surface area contributed by atoms with E-state index < -0.39 is 0 Å². The molecule has 1 fully saturated rings. The van der Waals surface area contributed by atoms with Gasteiger partial charge in [0.15, 0.2) is 0 Å². The van der Waals surface area contributed by atoms with Gasteiger partial charge in [0.1, 0.15) is 5.75 Å². The summed E-state index contributed by atoms with van der Waals surface area (Å²) in [5.74, 6) is 1.70. The minimum absolute atomic E-state index is 0.709.